The van der Waals surface area contributed by atoms with Crippen LogP contribution in [-0.4, -0.2) is 23.4 Å². The van der Waals surface area contributed by atoms with Crippen LogP contribution >= 0.6 is 32.9 Å². The highest BCUT2D eigenvalue weighted by Gasteiger charge is 2.34. The third kappa shape index (κ3) is 2.80. The van der Waals surface area contributed by atoms with E-state index in [0.717, 1.165) is 18.4 Å². The fourth-order valence-corrected chi connectivity index (χ4v) is 2.96. The Morgan fingerprint density at radius 3 is 2.93 bits per heavy atom. The van der Waals surface area contributed by atoms with E-state index in [2.05, 4.69) is 32.3 Å². The van der Waals surface area contributed by atoms with E-state index in [9.17, 15) is 0 Å². The largest absolute Gasteiger partial charge is 0.316 e. The normalized spacial score (nSPS) is 24.9. The van der Waals surface area contributed by atoms with Crippen LogP contribution in [0.4, 0.5) is 0 Å². The lowest BCUT2D eigenvalue weighted by Gasteiger charge is -2.27. The zero-order chi connectivity index (χ0) is 9.86. The Kier molecular flexibility index (Phi) is 5.23. The van der Waals surface area contributed by atoms with E-state index in [1.54, 1.807) is 0 Å². The summed E-state index contributed by atoms with van der Waals surface area (Å²) < 4.78 is 0. The summed E-state index contributed by atoms with van der Waals surface area (Å²) in [4.78, 5) is 4.21. The van der Waals surface area contributed by atoms with Crippen molar-refractivity contribution in [1.82, 2.24) is 10.3 Å². The average molecular weight is 336 g/mol. The van der Waals surface area contributed by atoms with Gasteiger partial charge in [0, 0.05) is 29.7 Å². The molecule has 1 fully saturated rings. The van der Waals surface area contributed by atoms with Gasteiger partial charge in [-0.3, -0.25) is 4.98 Å². The molecule has 0 aliphatic carbocycles. The monoisotopic (exact) mass is 334 g/mol. The molecule has 15 heavy (non-hydrogen) atoms. The van der Waals surface area contributed by atoms with Crippen molar-refractivity contribution in [3.8, 4) is 0 Å². The molecular weight excluding hydrogens is 320 g/mol. The van der Waals surface area contributed by atoms with Crippen LogP contribution in [0.1, 0.15) is 18.4 Å². The maximum Gasteiger partial charge on any atom is 0.0306 e. The second-order valence-corrected chi connectivity index (χ2v) is 4.68. The first-order valence-electron chi connectivity index (χ1n) is 5.05. The molecule has 1 unspecified atom stereocenters. The fraction of sp³-hybridized carbons (Fsp3) is 0.545. The summed E-state index contributed by atoms with van der Waals surface area (Å²) in [6.45, 7) is 2.21. The highest BCUT2D eigenvalue weighted by Crippen LogP contribution is 2.34. The molecule has 0 saturated carbocycles. The van der Waals surface area contributed by atoms with Crippen LogP contribution in [-0.2, 0) is 5.41 Å². The molecule has 0 spiro atoms. The first kappa shape index (κ1) is 13.1. The van der Waals surface area contributed by atoms with Crippen LogP contribution in [0.2, 0.25) is 0 Å². The van der Waals surface area contributed by atoms with Gasteiger partial charge in [-0.05, 0) is 31.0 Å². The van der Waals surface area contributed by atoms with Gasteiger partial charge in [-0.15, -0.1) is 17.0 Å². The molecule has 1 aliphatic rings. The lowest BCUT2D eigenvalue weighted by Crippen LogP contribution is -2.29. The lowest BCUT2D eigenvalue weighted by molar-refractivity contribution is 0.457. The van der Waals surface area contributed by atoms with Gasteiger partial charge in [0.05, 0.1) is 0 Å². The Morgan fingerprint density at radius 2 is 2.40 bits per heavy atom. The maximum atomic E-state index is 4.21. The number of rotatable bonds is 3. The number of nitrogens with one attached hydrogen (secondary N) is 1. The molecule has 0 bridgehead atoms. The van der Waals surface area contributed by atoms with E-state index in [0.29, 0.717) is 5.41 Å². The molecule has 0 radical (unpaired) electrons. The van der Waals surface area contributed by atoms with Crippen LogP contribution in [0.3, 0.4) is 0 Å². The van der Waals surface area contributed by atoms with E-state index < -0.39 is 0 Å². The predicted molar refractivity (Wildman–Crippen MR) is 72.1 cm³/mol. The van der Waals surface area contributed by atoms with Gasteiger partial charge in [-0.2, -0.15) is 0 Å². The highest BCUT2D eigenvalue weighted by atomic mass is 79.9. The van der Waals surface area contributed by atoms with Crippen molar-refractivity contribution in [3.63, 3.8) is 0 Å². The SMILES string of the molecule is Br.BrCCC1(c2cccnc2)CCNC1. The van der Waals surface area contributed by atoms with Crippen molar-refractivity contribution in [2.24, 2.45) is 0 Å². The number of pyridine rings is 1. The van der Waals surface area contributed by atoms with Gasteiger partial charge in [0.2, 0.25) is 0 Å². The fourth-order valence-electron chi connectivity index (χ4n) is 2.21. The van der Waals surface area contributed by atoms with Gasteiger partial charge in [0.15, 0.2) is 0 Å². The molecule has 1 atom stereocenters. The second-order valence-electron chi connectivity index (χ2n) is 3.89. The summed E-state index contributed by atoms with van der Waals surface area (Å²) in [6, 6.07) is 4.23. The van der Waals surface area contributed by atoms with Crippen LogP contribution in [0.25, 0.3) is 0 Å². The Hall–Kier alpha value is 0.0700. The smallest absolute Gasteiger partial charge is 0.0306 e. The summed E-state index contributed by atoms with van der Waals surface area (Å²) in [5.41, 5.74) is 1.70. The lowest BCUT2D eigenvalue weighted by atomic mass is 9.78. The number of hydrogen-bond donors (Lipinski definition) is 1. The molecule has 84 valence electrons. The van der Waals surface area contributed by atoms with Crippen LogP contribution in [0.15, 0.2) is 24.5 Å². The highest BCUT2D eigenvalue weighted by molar-refractivity contribution is 9.09. The van der Waals surface area contributed by atoms with Crippen molar-refractivity contribution in [2.45, 2.75) is 18.3 Å². The molecule has 2 nitrogen and oxygen atoms in total. The Balaban J connectivity index is 0.00000112. The Labute approximate surface area is 110 Å². The maximum absolute atomic E-state index is 4.21. The molecule has 2 rings (SSSR count). The molecular formula is C11H16Br2N2. The number of hydrogen-bond acceptors (Lipinski definition) is 2. The van der Waals surface area contributed by atoms with E-state index >= 15 is 0 Å². The second kappa shape index (κ2) is 5.97. The van der Waals surface area contributed by atoms with Crippen LogP contribution < -0.4 is 5.32 Å². The number of nitrogens with zero attached hydrogens (tertiary/aromatic N) is 1. The minimum Gasteiger partial charge on any atom is -0.316 e. The summed E-state index contributed by atoms with van der Waals surface area (Å²) in [5.74, 6) is 0. The molecule has 1 saturated heterocycles. The van der Waals surface area contributed by atoms with Crippen molar-refractivity contribution in [3.05, 3.63) is 30.1 Å². The van der Waals surface area contributed by atoms with Crippen molar-refractivity contribution >= 4 is 32.9 Å². The summed E-state index contributed by atoms with van der Waals surface area (Å²) in [6.07, 6.45) is 6.26. The minimum absolute atomic E-state index is 0. The van der Waals surface area contributed by atoms with Crippen molar-refractivity contribution in [1.29, 1.82) is 0 Å². The molecule has 1 N–H and O–H groups in total. The van der Waals surface area contributed by atoms with Crippen molar-refractivity contribution in [2.75, 3.05) is 18.4 Å². The molecule has 1 aliphatic heterocycles. The first-order chi connectivity index (χ1) is 6.87. The quantitative estimate of drug-likeness (QED) is 0.859. The summed E-state index contributed by atoms with van der Waals surface area (Å²) in [5, 5.41) is 4.51. The Morgan fingerprint density at radius 1 is 1.53 bits per heavy atom. The number of halogens is 2. The zero-order valence-corrected chi connectivity index (χ0v) is 11.9. The average Bonchev–Trinajstić information content (AvgIpc) is 2.70. The zero-order valence-electron chi connectivity index (χ0n) is 8.58. The van der Waals surface area contributed by atoms with Gasteiger partial charge in [0.25, 0.3) is 0 Å². The standard InChI is InChI=1S/C11H15BrN2.BrH/c12-5-3-11(4-7-14-9-11)10-2-1-6-13-8-10;/h1-2,6,8,14H,3-5,7,9H2;1H. The van der Waals surface area contributed by atoms with Gasteiger partial charge >= 0.3 is 0 Å². The predicted octanol–water partition coefficient (Wildman–Crippen LogP) is 2.68. The van der Waals surface area contributed by atoms with E-state index in [-0.39, 0.29) is 17.0 Å². The van der Waals surface area contributed by atoms with Gasteiger partial charge in [-0.1, -0.05) is 22.0 Å². The van der Waals surface area contributed by atoms with Gasteiger partial charge < -0.3 is 5.32 Å². The molecule has 4 heteroatoms. The summed E-state index contributed by atoms with van der Waals surface area (Å²) in [7, 11) is 0. The number of aromatic nitrogens is 1. The third-order valence-electron chi connectivity index (χ3n) is 3.09. The van der Waals surface area contributed by atoms with E-state index in [1.165, 1.54) is 18.4 Å². The van der Waals surface area contributed by atoms with Crippen LogP contribution in [0.5, 0.6) is 0 Å². The van der Waals surface area contributed by atoms with Crippen LogP contribution in [0, 0.1) is 0 Å². The summed E-state index contributed by atoms with van der Waals surface area (Å²) >= 11 is 3.54. The Bertz CT molecular complexity index is 284. The van der Waals surface area contributed by atoms with E-state index in [1.807, 2.05) is 18.5 Å². The molecule has 1 aromatic rings. The molecule has 0 aromatic carbocycles. The molecule has 0 amide bonds. The third-order valence-corrected chi connectivity index (χ3v) is 3.49. The topological polar surface area (TPSA) is 24.9 Å². The molecule has 1 aromatic heterocycles. The van der Waals surface area contributed by atoms with E-state index in [4.69, 9.17) is 0 Å². The molecule has 2 heterocycles. The van der Waals surface area contributed by atoms with Crippen molar-refractivity contribution < 1.29 is 0 Å². The first-order valence-corrected chi connectivity index (χ1v) is 6.17. The van der Waals surface area contributed by atoms with Gasteiger partial charge in [-0.25, -0.2) is 0 Å². The van der Waals surface area contributed by atoms with Gasteiger partial charge in [0.1, 0.15) is 0 Å². The number of alkyl halides is 1. The minimum atomic E-state index is 0.